The van der Waals surface area contributed by atoms with Gasteiger partial charge in [-0.15, -0.1) is 0 Å². The number of unbranched alkanes of at least 4 members (excludes halogenated alkanes) is 12. The van der Waals surface area contributed by atoms with Gasteiger partial charge in [-0.25, -0.2) is 0 Å². The Morgan fingerprint density at radius 2 is 1.35 bits per heavy atom. The molecule has 3 nitrogen and oxygen atoms in total. The molecule has 0 bridgehead atoms. The average Bonchev–Trinajstić information content (AvgIpc) is 2.80. The predicted molar refractivity (Wildman–Crippen MR) is 146 cm³/mol. The minimum Gasteiger partial charge on any atom is -0.508 e. The van der Waals surface area contributed by atoms with E-state index in [4.69, 9.17) is 4.74 Å². The van der Waals surface area contributed by atoms with Crippen molar-refractivity contribution in [1.82, 2.24) is 0 Å². The zero-order valence-corrected chi connectivity index (χ0v) is 23.1. The van der Waals surface area contributed by atoms with Crippen molar-refractivity contribution in [3.63, 3.8) is 0 Å². The highest BCUT2D eigenvalue weighted by molar-refractivity contribution is 5.68. The zero-order chi connectivity index (χ0) is 25.2. The summed E-state index contributed by atoms with van der Waals surface area (Å²) in [5, 5.41) is 10.4. The third kappa shape index (κ3) is 13.4. The maximum absolute atomic E-state index is 11.6. The van der Waals surface area contributed by atoms with Crippen LogP contribution < -0.4 is 0 Å². The minimum atomic E-state index is -0.124. The van der Waals surface area contributed by atoms with Crippen molar-refractivity contribution in [2.45, 2.75) is 149 Å². The Balaban J connectivity index is 2.41. The minimum absolute atomic E-state index is 0.102. The number of esters is 1. The first-order valence-electron chi connectivity index (χ1n) is 14.3. The summed E-state index contributed by atoms with van der Waals surface area (Å²) >= 11 is 0. The quantitative estimate of drug-likeness (QED) is 0.160. The fraction of sp³-hybridized carbons (Fsp3) is 0.774. The monoisotopic (exact) mass is 474 g/mol. The topological polar surface area (TPSA) is 46.5 Å². The Kier molecular flexibility index (Phi) is 16.0. The van der Waals surface area contributed by atoms with E-state index in [1.165, 1.54) is 89.0 Å². The van der Waals surface area contributed by atoms with E-state index in [0.29, 0.717) is 24.7 Å². The summed E-state index contributed by atoms with van der Waals surface area (Å²) in [6, 6.07) is 6.06. The van der Waals surface area contributed by atoms with Gasteiger partial charge in [-0.3, -0.25) is 4.79 Å². The first-order chi connectivity index (χ1) is 16.3. The summed E-state index contributed by atoms with van der Waals surface area (Å²) in [6.45, 7) is 11.0. The lowest BCUT2D eigenvalue weighted by Gasteiger charge is -2.24. The standard InChI is InChI=1S/C31H54O3/c1-6-8-9-10-11-12-13-14-15-16-17-18-19-20-26(23-24-34-30(33)7-2)27-21-22-29(32)28(25-27)31(3,4)5/h21-22,25-26,32H,6-20,23-24H2,1-5H3. The number of rotatable bonds is 19. The molecule has 1 rings (SSSR count). The lowest BCUT2D eigenvalue weighted by Crippen LogP contribution is -2.13. The van der Waals surface area contributed by atoms with Crippen LogP contribution in [0.4, 0.5) is 0 Å². The molecule has 0 fully saturated rings. The summed E-state index contributed by atoms with van der Waals surface area (Å²) in [5.41, 5.74) is 2.15. The van der Waals surface area contributed by atoms with Crippen molar-refractivity contribution in [3.8, 4) is 5.75 Å². The van der Waals surface area contributed by atoms with Crippen molar-refractivity contribution in [1.29, 1.82) is 0 Å². The summed E-state index contributed by atoms with van der Waals surface area (Å²) in [6.07, 6.45) is 20.1. The molecule has 1 N–H and O–H groups in total. The van der Waals surface area contributed by atoms with Crippen LogP contribution in [0, 0.1) is 0 Å². The Bertz CT molecular complexity index is 659. The Morgan fingerprint density at radius 1 is 0.824 bits per heavy atom. The maximum Gasteiger partial charge on any atom is 0.305 e. The van der Waals surface area contributed by atoms with Crippen molar-refractivity contribution >= 4 is 5.97 Å². The number of hydrogen-bond donors (Lipinski definition) is 1. The molecule has 3 heteroatoms. The number of carbonyl (C=O) groups is 1. The van der Waals surface area contributed by atoms with E-state index in [0.717, 1.165) is 18.4 Å². The summed E-state index contributed by atoms with van der Waals surface area (Å²) in [4.78, 5) is 11.6. The number of ether oxygens (including phenoxy) is 1. The molecule has 0 aliphatic carbocycles. The molecular weight excluding hydrogens is 420 g/mol. The zero-order valence-electron chi connectivity index (χ0n) is 23.1. The molecule has 196 valence electrons. The van der Waals surface area contributed by atoms with Gasteiger partial charge in [-0.05, 0) is 41.4 Å². The van der Waals surface area contributed by atoms with Crippen LogP contribution in [-0.2, 0) is 14.9 Å². The average molecular weight is 475 g/mol. The van der Waals surface area contributed by atoms with E-state index < -0.39 is 0 Å². The highest BCUT2D eigenvalue weighted by Gasteiger charge is 2.21. The molecule has 0 aliphatic heterocycles. The first-order valence-corrected chi connectivity index (χ1v) is 14.3. The molecule has 0 saturated heterocycles. The fourth-order valence-electron chi connectivity index (χ4n) is 4.71. The van der Waals surface area contributed by atoms with Crippen molar-refractivity contribution in [3.05, 3.63) is 29.3 Å². The maximum atomic E-state index is 11.6. The van der Waals surface area contributed by atoms with Crippen LogP contribution >= 0.6 is 0 Å². The van der Waals surface area contributed by atoms with Gasteiger partial charge in [0.15, 0.2) is 0 Å². The smallest absolute Gasteiger partial charge is 0.305 e. The number of hydrogen-bond acceptors (Lipinski definition) is 3. The highest BCUT2D eigenvalue weighted by atomic mass is 16.5. The van der Waals surface area contributed by atoms with Gasteiger partial charge in [0, 0.05) is 6.42 Å². The molecule has 1 aromatic carbocycles. The van der Waals surface area contributed by atoms with Crippen LogP contribution in [0.1, 0.15) is 154 Å². The molecule has 0 radical (unpaired) electrons. The summed E-state index contributed by atoms with van der Waals surface area (Å²) < 4.78 is 5.39. The Labute approximate surface area is 211 Å². The number of carbonyl (C=O) groups excluding carboxylic acids is 1. The fourth-order valence-corrected chi connectivity index (χ4v) is 4.71. The predicted octanol–water partition coefficient (Wildman–Crippen LogP) is 9.60. The number of benzene rings is 1. The molecule has 0 saturated carbocycles. The van der Waals surface area contributed by atoms with E-state index in [-0.39, 0.29) is 11.4 Å². The molecule has 0 amide bonds. The van der Waals surface area contributed by atoms with E-state index in [2.05, 4.69) is 39.8 Å². The lowest BCUT2D eigenvalue weighted by molar-refractivity contribution is -0.143. The van der Waals surface area contributed by atoms with Crippen LogP contribution in [0.25, 0.3) is 0 Å². The molecule has 34 heavy (non-hydrogen) atoms. The molecule has 1 aromatic rings. The normalized spacial score (nSPS) is 12.6. The summed E-state index contributed by atoms with van der Waals surface area (Å²) in [5.74, 6) is 0.605. The van der Waals surface area contributed by atoms with Gasteiger partial charge in [0.1, 0.15) is 5.75 Å². The van der Waals surface area contributed by atoms with E-state index in [1.807, 2.05) is 13.0 Å². The third-order valence-corrected chi connectivity index (χ3v) is 6.97. The molecule has 0 heterocycles. The molecule has 0 spiro atoms. The molecule has 0 aliphatic rings. The van der Waals surface area contributed by atoms with Crippen LogP contribution in [-0.4, -0.2) is 17.7 Å². The third-order valence-electron chi connectivity index (χ3n) is 6.97. The van der Waals surface area contributed by atoms with Crippen LogP contribution in [0.3, 0.4) is 0 Å². The second-order valence-corrected chi connectivity index (χ2v) is 11.1. The summed E-state index contributed by atoms with van der Waals surface area (Å²) in [7, 11) is 0. The van der Waals surface area contributed by atoms with Gasteiger partial charge < -0.3 is 9.84 Å². The molecule has 1 atom stereocenters. The van der Waals surface area contributed by atoms with Crippen LogP contribution in [0.15, 0.2) is 18.2 Å². The second kappa shape index (κ2) is 17.9. The van der Waals surface area contributed by atoms with Crippen molar-refractivity contribution < 1.29 is 14.6 Å². The molecule has 0 aromatic heterocycles. The molecule has 1 unspecified atom stereocenters. The number of phenolic OH excluding ortho intramolecular Hbond substituents is 1. The first kappa shape index (κ1) is 30.5. The number of phenols is 1. The highest BCUT2D eigenvalue weighted by Crippen LogP contribution is 2.35. The van der Waals surface area contributed by atoms with Gasteiger partial charge in [-0.1, -0.05) is 130 Å². The van der Waals surface area contributed by atoms with Crippen LogP contribution in [0.2, 0.25) is 0 Å². The van der Waals surface area contributed by atoms with Gasteiger partial charge >= 0.3 is 5.97 Å². The second-order valence-electron chi connectivity index (χ2n) is 11.1. The van der Waals surface area contributed by atoms with Gasteiger partial charge in [0.05, 0.1) is 6.61 Å². The van der Waals surface area contributed by atoms with E-state index in [9.17, 15) is 9.90 Å². The van der Waals surface area contributed by atoms with Gasteiger partial charge in [-0.2, -0.15) is 0 Å². The SMILES string of the molecule is CCCCCCCCCCCCCCCC(CCOC(=O)CC)c1ccc(O)c(C(C)(C)C)c1. The number of aromatic hydroxyl groups is 1. The van der Waals surface area contributed by atoms with Gasteiger partial charge in [0.2, 0.25) is 0 Å². The largest absolute Gasteiger partial charge is 0.508 e. The Morgan fingerprint density at radius 3 is 1.85 bits per heavy atom. The van der Waals surface area contributed by atoms with Crippen molar-refractivity contribution in [2.75, 3.05) is 6.61 Å². The lowest BCUT2D eigenvalue weighted by atomic mass is 9.82. The molecular formula is C31H54O3. The van der Waals surface area contributed by atoms with Crippen molar-refractivity contribution in [2.24, 2.45) is 0 Å². The Hall–Kier alpha value is -1.51. The van der Waals surface area contributed by atoms with E-state index in [1.54, 1.807) is 0 Å². The van der Waals surface area contributed by atoms with Gasteiger partial charge in [0.25, 0.3) is 0 Å². The van der Waals surface area contributed by atoms with E-state index >= 15 is 0 Å². The van der Waals surface area contributed by atoms with Crippen LogP contribution in [0.5, 0.6) is 5.75 Å².